The van der Waals surface area contributed by atoms with Crippen LogP contribution in [0.1, 0.15) is 17.2 Å². The topological polar surface area (TPSA) is 35.2 Å². The Hall–Kier alpha value is -0.950. The van der Waals surface area contributed by atoms with Gasteiger partial charge in [-0.25, -0.2) is 0 Å². The maximum Gasteiger partial charge on any atom is 0.573 e. The molecule has 0 aliphatic heterocycles. The summed E-state index contributed by atoms with van der Waals surface area (Å²) in [6, 6.07) is 6.38. The number of ether oxygens (including phenoxy) is 1. The molecule has 20 heavy (non-hydrogen) atoms. The van der Waals surface area contributed by atoms with E-state index in [1.165, 1.54) is 35.6 Å². The van der Waals surface area contributed by atoms with E-state index in [4.69, 9.17) is 28.9 Å². The van der Waals surface area contributed by atoms with Crippen LogP contribution in [0.2, 0.25) is 8.67 Å². The van der Waals surface area contributed by atoms with Crippen molar-refractivity contribution in [2.75, 3.05) is 0 Å². The van der Waals surface area contributed by atoms with Crippen molar-refractivity contribution in [2.24, 2.45) is 5.73 Å². The summed E-state index contributed by atoms with van der Waals surface area (Å²) >= 11 is 13.0. The van der Waals surface area contributed by atoms with E-state index < -0.39 is 12.4 Å². The van der Waals surface area contributed by atoms with Gasteiger partial charge in [0.05, 0.1) is 14.7 Å². The Bertz CT molecular complexity index is 598. The number of halogens is 5. The number of hydrogen-bond acceptors (Lipinski definition) is 3. The zero-order valence-electron chi connectivity index (χ0n) is 9.75. The molecule has 1 heterocycles. The van der Waals surface area contributed by atoms with Crippen molar-refractivity contribution in [1.29, 1.82) is 0 Å². The molecule has 0 aliphatic rings. The second kappa shape index (κ2) is 5.81. The van der Waals surface area contributed by atoms with E-state index in [2.05, 4.69) is 4.74 Å². The largest absolute Gasteiger partial charge is 0.573 e. The third-order valence-corrected chi connectivity index (χ3v) is 4.01. The van der Waals surface area contributed by atoms with Gasteiger partial charge in [-0.15, -0.1) is 24.5 Å². The molecule has 2 nitrogen and oxygen atoms in total. The molecule has 1 unspecified atom stereocenters. The number of hydrogen-bond donors (Lipinski definition) is 1. The molecule has 1 atom stereocenters. The quantitative estimate of drug-likeness (QED) is 0.852. The minimum Gasteiger partial charge on any atom is -0.406 e. The molecule has 0 radical (unpaired) electrons. The molecule has 1 aromatic heterocycles. The molecule has 8 heteroatoms. The smallest absolute Gasteiger partial charge is 0.406 e. The molecule has 0 saturated heterocycles. The van der Waals surface area contributed by atoms with Gasteiger partial charge in [0.15, 0.2) is 0 Å². The highest BCUT2D eigenvalue weighted by Crippen LogP contribution is 2.36. The van der Waals surface area contributed by atoms with Crippen molar-refractivity contribution in [3.05, 3.63) is 50.1 Å². The molecule has 1 aromatic carbocycles. The second-order valence-electron chi connectivity index (χ2n) is 3.87. The SMILES string of the molecule is NC(c1ccc(OC(F)(F)F)cc1)c1cc(Cl)sc1Cl. The standard InChI is InChI=1S/C12H8Cl2F3NOS/c13-9-5-8(11(14)20-9)10(18)6-1-3-7(4-2-6)19-12(15,16)17/h1-5,10H,18H2. The van der Waals surface area contributed by atoms with Crippen LogP contribution in [0.3, 0.4) is 0 Å². The Morgan fingerprint density at radius 2 is 1.75 bits per heavy atom. The van der Waals surface area contributed by atoms with Crippen LogP contribution in [0.25, 0.3) is 0 Å². The Morgan fingerprint density at radius 1 is 1.15 bits per heavy atom. The third-order valence-electron chi connectivity index (χ3n) is 2.49. The molecule has 0 amide bonds. The van der Waals surface area contributed by atoms with Gasteiger partial charge in [-0.1, -0.05) is 35.3 Å². The van der Waals surface area contributed by atoms with E-state index in [-0.39, 0.29) is 5.75 Å². The molecule has 0 saturated carbocycles. The second-order valence-corrected chi connectivity index (χ2v) is 6.16. The fraction of sp³-hybridized carbons (Fsp3) is 0.167. The highest BCUT2D eigenvalue weighted by Gasteiger charge is 2.31. The first-order valence-electron chi connectivity index (χ1n) is 5.32. The first-order chi connectivity index (χ1) is 9.26. The van der Waals surface area contributed by atoms with Gasteiger partial charge in [0.25, 0.3) is 0 Å². The van der Waals surface area contributed by atoms with Crippen molar-refractivity contribution in [3.63, 3.8) is 0 Å². The van der Waals surface area contributed by atoms with Crippen LogP contribution in [0.15, 0.2) is 30.3 Å². The van der Waals surface area contributed by atoms with Gasteiger partial charge < -0.3 is 10.5 Å². The first-order valence-corrected chi connectivity index (χ1v) is 6.89. The summed E-state index contributed by atoms with van der Waals surface area (Å²) in [6.07, 6.45) is -4.71. The van der Waals surface area contributed by atoms with Crippen LogP contribution in [0.4, 0.5) is 13.2 Å². The predicted molar refractivity (Wildman–Crippen MR) is 73.5 cm³/mol. The van der Waals surface area contributed by atoms with Crippen LogP contribution in [-0.2, 0) is 0 Å². The fourth-order valence-corrected chi connectivity index (χ4v) is 3.17. The van der Waals surface area contributed by atoms with Crippen molar-refractivity contribution in [2.45, 2.75) is 12.4 Å². The normalized spacial score (nSPS) is 13.3. The van der Waals surface area contributed by atoms with Gasteiger partial charge in [-0.05, 0) is 23.8 Å². The molecule has 2 aromatic rings. The zero-order chi connectivity index (χ0) is 14.9. The van der Waals surface area contributed by atoms with E-state index in [1.54, 1.807) is 6.07 Å². The maximum absolute atomic E-state index is 12.0. The summed E-state index contributed by atoms with van der Waals surface area (Å²) in [5.41, 5.74) is 7.25. The monoisotopic (exact) mass is 341 g/mol. The number of thiophene rings is 1. The van der Waals surface area contributed by atoms with E-state index >= 15 is 0 Å². The van der Waals surface area contributed by atoms with Crippen LogP contribution in [-0.4, -0.2) is 6.36 Å². The van der Waals surface area contributed by atoms with Crippen molar-refractivity contribution in [1.82, 2.24) is 0 Å². The first kappa shape index (κ1) is 15.4. The van der Waals surface area contributed by atoms with Crippen molar-refractivity contribution < 1.29 is 17.9 Å². The molecule has 0 bridgehead atoms. The molecular formula is C12H8Cl2F3NOS. The Morgan fingerprint density at radius 3 is 2.20 bits per heavy atom. The minimum absolute atomic E-state index is 0.303. The lowest BCUT2D eigenvalue weighted by atomic mass is 10.0. The van der Waals surface area contributed by atoms with Gasteiger partial charge in [0.1, 0.15) is 5.75 Å². The van der Waals surface area contributed by atoms with Gasteiger partial charge in [0.2, 0.25) is 0 Å². The Balaban J connectivity index is 2.19. The molecular weight excluding hydrogens is 334 g/mol. The molecule has 2 rings (SSSR count). The molecule has 0 spiro atoms. The summed E-state index contributed by atoms with van der Waals surface area (Å²) < 4.78 is 40.9. The van der Waals surface area contributed by atoms with Gasteiger partial charge in [-0.3, -0.25) is 0 Å². The minimum atomic E-state index is -4.71. The van der Waals surface area contributed by atoms with Crippen molar-refractivity contribution in [3.8, 4) is 5.75 Å². The Labute approximate surface area is 126 Å². The van der Waals surface area contributed by atoms with Crippen LogP contribution in [0.5, 0.6) is 5.75 Å². The van der Waals surface area contributed by atoms with Gasteiger partial charge in [-0.2, -0.15) is 0 Å². The predicted octanol–water partition coefficient (Wildman–Crippen LogP) is 5.00. The number of rotatable bonds is 3. The summed E-state index contributed by atoms with van der Waals surface area (Å²) in [5, 5.41) is 0. The van der Waals surface area contributed by atoms with Crippen LogP contribution in [0, 0.1) is 0 Å². The van der Waals surface area contributed by atoms with E-state index in [0.29, 0.717) is 19.8 Å². The summed E-state index contributed by atoms with van der Waals surface area (Å²) in [5.74, 6) is -0.303. The Kier molecular flexibility index (Phi) is 4.49. The third kappa shape index (κ3) is 3.79. The van der Waals surface area contributed by atoms with E-state index in [1.807, 2.05) is 0 Å². The van der Waals surface area contributed by atoms with Gasteiger partial charge in [0, 0.05) is 5.56 Å². The van der Waals surface area contributed by atoms with Crippen LogP contribution >= 0.6 is 34.5 Å². The molecule has 0 fully saturated rings. The van der Waals surface area contributed by atoms with E-state index in [0.717, 1.165) is 0 Å². The number of benzene rings is 1. The van der Waals surface area contributed by atoms with Crippen LogP contribution < -0.4 is 10.5 Å². The highest BCUT2D eigenvalue weighted by molar-refractivity contribution is 7.20. The lowest BCUT2D eigenvalue weighted by Gasteiger charge is -2.13. The average Bonchev–Trinajstić information content (AvgIpc) is 2.66. The van der Waals surface area contributed by atoms with Gasteiger partial charge >= 0.3 is 6.36 Å². The molecule has 0 aliphatic carbocycles. The highest BCUT2D eigenvalue weighted by atomic mass is 35.5. The summed E-state index contributed by atoms with van der Waals surface area (Å²) in [4.78, 5) is 0. The van der Waals surface area contributed by atoms with E-state index in [9.17, 15) is 13.2 Å². The van der Waals surface area contributed by atoms with Crippen molar-refractivity contribution >= 4 is 34.5 Å². The number of nitrogens with two attached hydrogens (primary N) is 1. The zero-order valence-corrected chi connectivity index (χ0v) is 12.1. The fourth-order valence-electron chi connectivity index (χ4n) is 1.62. The summed E-state index contributed by atoms with van der Waals surface area (Å²) in [7, 11) is 0. The maximum atomic E-state index is 12.0. The average molecular weight is 342 g/mol. The molecule has 2 N–H and O–H groups in total. The number of alkyl halides is 3. The summed E-state index contributed by atoms with van der Waals surface area (Å²) in [6.45, 7) is 0. The molecule has 108 valence electrons. The lowest BCUT2D eigenvalue weighted by molar-refractivity contribution is -0.274. The lowest BCUT2D eigenvalue weighted by Crippen LogP contribution is -2.17.